The molecular weight excluding hydrogens is 841 g/mol. The molecule has 0 spiro atoms. The quantitative estimate of drug-likeness (QED) is 0.0377. The zero-order valence-corrected chi connectivity index (χ0v) is 50.0. The molecule has 0 radical (unpaired) electrons. The van der Waals surface area contributed by atoms with E-state index >= 15 is 0 Å². The summed E-state index contributed by atoms with van der Waals surface area (Å²) in [5.74, 6) is 1.11. The van der Waals surface area contributed by atoms with Gasteiger partial charge in [-0.2, -0.15) is 0 Å². The lowest BCUT2D eigenvalue weighted by Gasteiger charge is -2.35. The van der Waals surface area contributed by atoms with E-state index in [0.717, 1.165) is 38.1 Å². The number of Topliss-reactive ketones (excluding diaryl/α,β-unsaturated/α-hetero) is 1. The maximum Gasteiger partial charge on any atom is 0.129 e. The SMILES string of the molecule is C1CC1.C1CC1.C1CC1.C=C(CCCCCCCC)N(CC(CC)CC)N(C)C.CCCCCCCC/C=C\CCCCCCCC(C)=O.CCCCCCCCC.CCCCCCCCC(C)O. The molecule has 4 nitrogen and oxygen atoms in total. The Balaban J connectivity index is -0.000000396. The van der Waals surface area contributed by atoms with E-state index in [1.165, 1.54) is 275 Å². The fourth-order valence-electron chi connectivity index (χ4n) is 7.30. The second kappa shape index (κ2) is 66.9. The van der Waals surface area contributed by atoms with Gasteiger partial charge in [-0.25, -0.2) is 5.01 Å². The van der Waals surface area contributed by atoms with E-state index in [1.807, 2.05) is 6.92 Å². The number of carbonyl (C=O) groups excluding carboxylic acids is 1. The summed E-state index contributed by atoms with van der Waals surface area (Å²) in [5.41, 5.74) is 1.29. The van der Waals surface area contributed by atoms with Crippen LogP contribution in [0.1, 0.15) is 358 Å². The van der Waals surface area contributed by atoms with Crippen molar-refractivity contribution in [1.29, 1.82) is 0 Å². The van der Waals surface area contributed by atoms with Gasteiger partial charge in [0.05, 0.1) is 6.10 Å². The van der Waals surface area contributed by atoms with Gasteiger partial charge in [0.2, 0.25) is 0 Å². The second-order valence-electron chi connectivity index (χ2n) is 21.6. The maximum atomic E-state index is 10.8. The third-order valence-electron chi connectivity index (χ3n) is 12.8. The summed E-state index contributed by atoms with van der Waals surface area (Å²) in [7, 11) is 4.27. The molecule has 1 unspecified atom stereocenters. The van der Waals surface area contributed by atoms with Gasteiger partial charge in [0.1, 0.15) is 5.78 Å². The summed E-state index contributed by atoms with van der Waals surface area (Å²) in [6, 6.07) is 0. The lowest BCUT2D eigenvalue weighted by molar-refractivity contribution is -0.117. The highest BCUT2D eigenvalue weighted by molar-refractivity contribution is 5.75. The topological polar surface area (TPSA) is 43.8 Å². The van der Waals surface area contributed by atoms with Crippen LogP contribution in [0.3, 0.4) is 0 Å². The molecule has 0 aromatic heterocycles. The molecule has 69 heavy (non-hydrogen) atoms. The average molecular weight is 976 g/mol. The van der Waals surface area contributed by atoms with Gasteiger partial charge in [-0.05, 0) is 71.1 Å². The van der Waals surface area contributed by atoms with Crippen molar-refractivity contribution in [2.24, 2.45) is 5.92 Å². The predicted molar refractivity (Wildman–Crippen MR) is 317 cm³/mol. The minimum absolute atomic E-state index is 0.0961. The van der Waals surface area contributed by atoms with Crippen LogP contribution >= 0.6 is 0 Å². The van der Waals surface area contributed by atoms with Crippen LogP contribution in [0, 0.1) is 5.92 Å². The van der Waals surface area contributed by atoms with Crippen molar-refractivity contribution < 1.29 is 9.90 Å². The van der Waals surface area contributed by atoms with Crippen LogP contribution in [0.25, 0.3) is 0 Å². The maximum absolute atomic E-state index is 10.8. The van der Waals surface area contributed by atoms with Crippen molar-refractivity contribution >= 4 is 5.78 Å². The first kappa shape index (κ1) is 74.4. The average Bonchev–Trinajstić information content (AvgIpc) is 4.14. The van der Waals surface area contributed by atoms with E-state index in [4.69, 9.17) is 5.11 Å². The van der Waals surface area contributed by atoms with Crippen LogP contribution in [-0.4, -0.2) is 47.7 Å². The third kappa shape index (κ3) is 87.0. The van der Waals surface area contributed by atoms with E-state index in [0.29, 0.717) is 5.78 Å². The first-order chi connectivity index (χ1) is 33.5. The minimum Gasteiger partial charge on any atom is -0.393 e. The number of nitrogens with zero attached hydrogens (tertiary/aromatic N) is 2. The Morgan fingerprint density at radius 2 is 0.754 bits per heavy atom. The van der Waals surface area contributed by atoms with Gasteiger partial charge in [-0.1, -0.05) is 305 Å². The zero-order valence-electron chi connectivity index (χ0n) is 50.0. The summed E-state index contributed by atoms with van der Waals surface area (Å²) in [5, 5.41) is 13.5. The number of hydrogen-bond acceptors (Lipinski definition) is 4. The predicted octanol–water partition coefficient (Wildman–Crippen LogP) is 22.5. The lowest BCUT2D eigenvalue weighted by atomic mass is 10.0. The van der Waals surface area contributed by atoms with E-state index in [9.17, 15) is 4.79 Å². The number of ketones is 1. The first-order valence-electron chi connectivity index (χ1n) is 31.5. The molecule has 4 heteroatoms. The molecule has 3 aliphatic carbocycles. The number of unbranched alkanes of at least 4 members (excludes halogenated alkanes) is 27. The third-order valence-corrected chi connectivity index (χ3v) is 12.8. The Hall–Kier alpha value is -1.13. The largest absolute Gasteiger partial charge is 0.393 e. The number of carbonyl (C=O) groups is 1. The molecular formula is C65H134N2O2. The molecule has 0 saturated heterocycles. The Morgan fingerprint density at radius 3 is 1.03 bits per heavy atom. The molecule has 3 saturated carbocycles. The Kier molecular flexibility index (Phi) is 72.1. The van der Waals surface area contributed by atoms with Crippen LogP contribution in [-0.2, 0) is 4.79 Å². The highest BCUT2D eigenvalue weighted by Gasteiger charge is 2.15. The molecule has 3 aliphatic rings. The molecule has 0 heterocycles. The van der Waals surface area contributed by atoms with Crippen LogP contribution in [0.4, 0.5) is 0 Å². The molecule has 0 bridgehead atoms. The van der Waals surface area contributed by atoms with Gasteiger partial charge < -0.3 is 14.9 Å². The molecule has 0 aromatic rings. The molecule has 0 aromatic carbocycles. The first-order valence-corrected chi connectivity index (χ1v) is 31.5. The lowest BCUT2D eigenvalue weighted by Crippen LogP contribution is -2.39. The standard InChI is InChI=1S/C19H36O.C18H38N2.C10H22O.C9H20.3C3H6/c1-3-4-5-6-7-8-9-10-11-12-13-14-15-16-17-18-19(2)20;1-7-10-11-12-13-14-15-17(4)20(19(5)6)16-18(8-2)9-3;1-3-4-5-6-7-8-9-10(2)11;1-3-5-7-9-8-6-4-2;3*1-2-3-1/h10-11H,3-9,12-18H2,1-2H3;18H,4,7-16H2,1-3,5-6H3;10-11H,3-9H2,1-2H3;3-9H2,1-2H3;3*1-3H2/b11-10-;;;;;;. The zero-order chi connectivity index (χ0) is 52.1. The van der Waals surface area contributed by atoms with Crippen molar-refractivity contribution in [3.8, 4) is 0 Å². The summed E-state index contributed by atoms with van der Waals surface area (Å²) < 4.78 is 0. The van der Waals surface area contributed by atoms with Crippen LogP contribution in [0.2, 0.25) is 0 Å². The van der Waals surface area contributed by atoms with E-state index < -0.39 is 0 Å². The number of aliphatic hydroxyl groups excluding tert-OH is 1. The van der Waals surface area contributed by atoms with Crippen molar-refractivity contribution in [3.63, 3.8) is 0 Å². The number of rotatable bonds is 41. The Morgan fingerprint density at radius 1 is 0.464 bits per heavy atom. The number of hydrogen-bond donors (Lipinski definition) is 1. The molecule has 416 valence electrons. The van der Waals surface area contributed by atoms with Crippen molar-refractivity contribution in [2.45, 2.75) is 364 Å². The van der Waals surface area contributed by atoms with Gasteiger partial charge in [0, 0.05) is 32.8 Å². The Labute approximate surface area is 438 Å². The van der Waals surface area contributed by atoms with Crippen molar-refractivity contribution in [1.82, 2.24) is 10.0 Å². The number of hydrazine groups is 1. The van der Waals surface area contributed by atoms with E-state index in [1.54, 1.807) is 6.92 Å². The van der Waals surface area contributed by atoms with Crippen LogP contribution < -0.4 is 0 Å². The van der Waals surface area contributed by atoms with Gasteiger partial charge >= 0.3 is 0 Å². The van der Waals surface area contributed by atoms with Gasteiger partial charge in [0.25, 0.3) is 0 Å². The van der Waals surface area contributed by atoms with E-state index in [-0.39, 0.29) is 6.10 Å². The van der Waals surface area contributed by atoms with E-state index in [2.05, 4.69) is 91.3 Å². The number of allylic oxidation sites excluding steroid dienone is 3. The van der Waals surface area contributed by atoms with Gasteiger partial charge in [-0.3, -0.25) is 0 Å². The molecule has 1 N–H and O–H groups in total. The number of aliphatic hydroxyl groups is 1. The second-order valence-corrected chi connectivity index (χ2v) is 21.6. The normalized spacial score (nSPS) is 13.1. The molecule has 3 rings (SSSR count). The molecule has 0 amide bonds. The van der Waals surface area contributed by atoms with Gasteiger partial charge in [0.15, 0.2) is 0 Å². The van der Waals surface area contributed by atoms with Crippen LogP contribution in [0.5, 0.6) is 0 Å². The molecule has 0 aliphatic heterocycles. The fourth-order valence-corrected chi connectivity index (χ4v) is 7.30. The van der Waals surface area contributed by atoms with Gasteiger partial charge in [-0.15, -0.1) is 0 Å². The highest BCUT2D eigenvalue weighted by Crippen LogP contribution is 2.20. The Bertz CT molecular complexity index is 921. The van der Waals surface area contributed by atoms with Crippen LogP contribution in [0.15, 0.2) is 24.4 Å². The monoisotopic (exact) mass is 975 g/mol. The smallest absolute Gasteiger partial charge is 0.129 e. The highest BCUT2D eigenvalue weighted by atomic mass is 16.3. The molecule has 3 fully saturated rings. The van der Waals surface area contributed by atoms with Crippen molar-refractivity contribution in [3.05, 3.63) is 24.4 Å². The fraction of sp³-hybridized carbons (Fsp3) is 0.923. The molecule has 1 atom stereocenters. The summed E-state index contributed by atoms with van der Waals surface area (Å²) in [6.07, 6.45) is 66.6. The summed E-state index contributed by atoms with van der Waals surface area (Å²) in [6.45, 7) is 24.9. The summed E-state index contributed by atoms with van der Waals surface area (Å²) in [4.78, 5) is 10.8. The summed E-state index contributed by atoms with van der Waals surface area (Å²) >= 11 is 0. The van der Waals surface area contributed by atoms with Crippen molar-refractivity contribution in [2.75, 3.05) is 20.6 Å². The minimum atomic E-state index is -0.0961.